The van der Waals surface area contributed by atoms with Gasteiger partial charge in [0.05, 0.1) is 17.7 Å². The third kappa shape index (κ3) is 2.01. The van der Waals surface area contributed by atoms with Crippen LogP contribution in [-0.2, 0) is 11.2 Å². The normalized spacial score (nSPS) is 32.8. The Morgan fingerprint density at radius 2 is 2.19 bits per heavy atom. The standard InChI is InChI=1S/C21H23FN2O2/c1-10-17(26)8-14-15(11(2)25)9-24-7-6-13-12-4-3-5-16(22)19(12)23-20(13)21(24)18(10)14/h3-5,9-10,14,17-18,21,23,26H,6-8H2,1-2H3/t10-,14+,17-,18+,21-/m0/s1. The fraction of sp³-hybridized carbons (Fsp3) is 0.476. The molecule has 0 unspecified atom stereocenters. The summed E-state index contributed by atoms with van der Waals surface area (Å²) in [7, 11) is 0. The number of nitrogens with one attached hydrogen (secondary N) is 1. The second kappa shape index (κ2) is 5.43. The minimum Gasteiger partial charge on any atom is -0.393 e. The number of para-hydroxylation sites is 1. The minimum atomic E-state index is -0.404. The van der Waals surface area contributed by atoms with E-state index >= 15 is 0 Å². The zero-order valence-electron chi connectivity index (χ0n) is 15.0. The first-order valence-electron chi connectivity index (χ1n) is 9.42. The van der Waals surface area contributed by atoms with Gasteiger partial charge in [-0.05, 0) is 49.1 Å². The van der Waals surface area contributed by atoms with Crippen molar-refractivity contribution in [2.24, 2.45) is 17.8 Å². The Labute approximate surface area is 151 Å². The molecule has 0 saturated heterocycles. The number of ketones is 1. The molecular weight excluding hydrogens is 331 g/mol. The predicted molar refractivity (Wildman–Crippen MR) is 96.9 cm³/mol. The topological polar surface area (TPSA) is 56.3 Å². The van der Waals surface area contributed by atoms with Crippen LogP contribution >= 0.6 is 0 Å². The summed E-state index contributed by atoms with van der Waals surface area (Å²) in [6.45, 7) is 4.50. The van der Waals surface area contributed by atoms with Crippen molar-refractivity contribution < 1.29 is 14.3 Å². The zero-order chi connectivity index (χ0) is 18.2. The van der Waals surface area contributed by atoms with Crippen LogP contribution in [0.25, 0.3) is 10.9 Å². The van der Waals surface area contributed by atoms with Crippen LogP contribution in [0.15, 0.2) is 30.0 Å². The largest absolute Gasteiger partial charge is 0.393 e. The number of H-pyrrole nitrogens is 1. The third-order valence-corrected chi connectivity index (χ3v) is 6.85. The second-order valence-corrected chi connectivity index (χ2v) is 8.10. The van der Waals surface area contributed by atoms with Gasteiger partial charge in [0.25, 0.3) is 0 Å². The average Bonchev–Trinajstić information content (AvgIpc) is 3.13. The predicted octanol–water partition coefficient (Wildman–Crippen LogP) is 3.33. The molecule has 0 spiro atoms. The Bertz CT molecular complexity index is 947. The van der Waals surface area contributed by atoms with E-state index in [0.29, 0.717) is 11.9 Å². The molecule has 3 aliphatic rings. The van der Waals surface area contributed by atoms with E-state index in [1.54, 1.807) is 13.0 Å². The Kier molecular flexibility index (Phi) is 3.35. The fourth-order valence-electron chi connectivity index (χ4n) is 5.61. The van der Waals surface area contributed by atoms with Crippen molar-refractivity contribution in [1.82, 2.24) is 9.88 Å². The summed E-state index contributed by atoms with van der Waals surface area (Å²) >= 11 is 0. The molecule has 26 heavy (non-hydrogen) atoms. The summed E-state index contributed by atoms with van der Waals surface area (Å²) in [5.41, 5.74) is 3.66. The van der Waals surface area contributed by atoms with Crippen LogP contribution in [0.1, 0.15) is 37.6 Å². The van der Waals surface area contributed by atoms with E-state index in [1.165, 1.54) is 11.6 Å². The molecule has 1 fully saturated rings. The molecule has 5 atom stereocenters. The van der Waals surface area contributed by atoms with Crippen LogP contribution in [0.4, 0.5) is 4.39 Å². The molecule has 136 valence electrons. The molecule has 1 saturated carbocycles. The number of rotatable bonds is 1. The van der Waals surface area contributed by atoms with Gasteiger partial charge < -0.3 is 15.0 Å². The van der Waals surface area contributed by atoms with Gasteiger partial charge in [-0.25, -0.2) is 4.39 Å². The molecule has 3 heterocycles. The summed E-state index contributed by atoms with van der Waals surface area (Å²) in [5, 5.41) is 11.5. The quantitative estimate of drug-likeness (QED) is 0.826. The molecule has 1 aliphatic carbocycles. The highest BCUT2D eigenvalue weighted by Gasteiger charge is 2.52. The van der Waals surface area contributed by atoms with Crippen molar-refractivity contribution in [3.05, 3.63) is 47.0 Å². The van der Waals surface area contributed by atoms with Crippen LogP contribution in [0.3, 0.4) is 0 Å². The lowest BCUT2D eigenvalue weighted by Crippen LogP contribution is -2.44. The maximum absolute atomic E-state index is 14.3. The van der Waals surface area contributed by atoms with E-state index in [1.807, 2.05) is 12.3 Å². The average molecular weight is 354 g/mol. The third-order valence-electron chi connectivity index (χ3n) is 6.85. The highest BCUT2D eigenvalue weighted by atomic mass is 19.1. The van der Waals surface area contributed by atoms with Gasteiger partial charge in [0.1, 0.15) is 5.82 Å². The number of aromatic nitrogens is 1. The van der Waals surface area contributed by atoms with Crippen molar-refractivity contribution in [3.8, 4) is 0 Å². The zero-order valence-corrected chi connectivity index (χ0v) is 15.0. The van der Waals surface area contributed by atoms with E-state index in [0.717, 1.165) is 29.6 Å². The number of Topliss-reactive ketones (excluding diaryl/α,β-unsaturated/α-hetero) is 1. The number of aliphatic hydroxyl groups excluding tert-OH is 1. The lowest BCUT2D eigenvalue weighted by atomic mass is 9.73. The van der Waals surface area contributed by atoms with E-state index in [4.69, 9.17) is 0 Å². The van der Waals surface area contributed by atoms with Crippen molar-refractivity contribution in [2.75, 3.05) is 6.54 Å². The van der Waals surface area contributed by atoms with Crippen molar-refractivity contribution in [1.29, 1.82) is 0 Å². The first-order chi connectivity index (χ1) is 12.5. The molecule has 1 aromatic carbocycles. The molecule has 2 aliphatic heterocycles. The minimum absolute atomic E-state index is 0.0609. The van der Waals surface area contributed by atoms with Gasteiger partial charge in [-0.3, -0.25) is 4.79 Å². The number of carbonyl (C=O) groups excluding carboxylic acids is 1. The number of carbonyl (C=O) groups is 1. The number of aromatic amines is 1. The maximum Gasteiger partial charge on any atom is 0.157 e. The Morgan fingerprint density at radius 3 is 2.96 bits per heavy atom. The number of nitrogens with zero attached hydrogens (tertiary/aromatic N) is 1. The summed E-state index contributed by atoms with van der Waals surface area (Å²) in [5.74, 6) is 0.186. The SMILES string of the molecule is CC(=O)C1=CN2CCc3c([nH]c4c(F)cccc34)[C@@H]2[C@@H]2[C@@H](C)[C@@H](O)C[C@H]12. The molecule has 2 N–H and O–H groups in total. The van der Waals surface area contributed by atoms with Crippen molar-refractivity contribution in [3.63, 3.8) is 0 Å². The summed E-state index contributed by atoms with van der Waals surface area (Å²) in [6.07, 6.45) is 3.06. The van der Waals surface area contributed by atoms with Crippen LogP contribution < -0.4 is 0 Å². The molecular formula is C21H23FN2O2. The molecule has 5 rings (SSSR count). The smallest absolute Gasteiger partial charge is 0.157 e. The first-order valence-corrected chi connectivity index (χ1v) is 9.42. The molecule has 0 radical (unpaired) electrons. The fourth-order valence-corrected chi connectivity index (χ4v) is 5.61. The van der Waals surface area contributed by atoms with Gasteiger partial charge in [0, 0.05) is 29.4 Å². The highest BCUT2D eigenvalue weighted by Crippen LogP contribution is 2.54. The highest BCUT2D eigenvalue weighted by molar-refractivity contribution is 5.94. The summed E-state index contributed by atoms with van der Waals surface area (Å²) < 4.78 is 14.3. The van der Waals surface area contributed by atoms with E-state index < -0.39 is 6.10 Å². The second-order valence-electron chi connectivity index (χ2n) is 8.10. The molecule has 0 bridgehead atoms. The number of benzene rings is 1. The lowest BCUT2D eigenvalue weighted by molar-refractivity contribution is -0.114. The number of hydrogen-bond donors (Lipinski definition) is 2. The van der Waals surface area contributed by atoms with Gasteiger partial charge in [0.15, 0.2) is 5.78 Å². The summed E-state index contributed by atoms with van der Waals surface area (Å²) in [6, 6.07) is 5.29. The van der Waals surface area contributed by atoms with Crippen LogP contribution in [0.2, 0.25) is 0 Å². The van der Waals surface area contributed by atoms with Gasteiger partial charge in [-0.15, -0.1) is 0 Å². The summed E-state index contributed by atoms with van der Waals surface area (Å²) in [4.78, 5) is 17.8. The first kappa shape index (κ1) is 16.1. The molecule has 2 aromatic rings. The van der Waals surface area contributed by atoms with Crippen molar-refractivity contribution in [2.45, 2.75) is 38.8 Å². The van der Waals surface area contributed by atoms with Crippen LogP contribution in [0, 0.1) is 23.6 Å². The van der Waals surface area contributed by atoms with Crippen LogP contribution in [-0.4, -0.2) is 33.4 Å². The van der Waals surface area contributed by atoms with Gasteiger partial charge in [-0.2, -0.15) is 0 Å². The van der Waals surface area contributed by atoms with Gasteiger partial charge in [0.2, 0.25) is 0 Å². The number of allylic oxidation sites excluding steroid dienone is 1. The molecule has 1 aromatic heterocycles. The Hall–Kier alpha value is -2.14. The van der Waals surface area contributed by atoms with Gasteiger partial charge in [-0.1, -0.05) is 19.1 Å². The number of aliphatic hydroxyl groups is 1. The molecule has 4 nitrogen and oxygen atoms in total. The van der Waals surface area contributed by atoms with Gasteiger partial charge >= 0.3 is 0 Å². The number of fused-ring (bicyclic) bond motifs is 7. The Balaban J connectivity index is 1.71. The lowest BCUT2D eigenvalue weighted by Gasteiger charge is -2.46. The van der Waals surface area contributed by atoms with E-state index in [2.05, 4.69) is 16.8 Å². The maximum atomic E-state index is 14.3. The number of halogens is 1. The molecule has 5 heteroatoms. The molecule has 0 amide bonds. The van der Waals surface area contributed by atoms with E-state index in [9.17, 15) is 14.3 Å². The van der Waals surface area contributed by atoms with E-state index in [-0.39, 0.29) is 35.4 Å². The monoisotopic (exact) mass is 354 g/mol. The number of hydrogen-bond acceptors (Lipinski definition) is 3. The van der Waals surface area contributed by atoms with Crippen molar-refractivity contribution >= 4 is 16.7 Å². The Morgan fingerprint density at radius 1 is 1.38 bits per heavy atom. The van der Waals surface area contributed by atoms with Crippen LogP contribution in [0.5, 0.6) is 0 Å².